The summed E-state index contributed by atoms with van der Waals surface area (Å²) in [4.78, 5) is 28.0. The van der Waals surface area contributed by atoms with Crippen LogP contribution in [0.3, 0.4) is 0 Å². The average molecular weight is 409 g/mol. The SMILES string of the molecule is NC(=O)c1ccc(Oc2ccc(C(=O)Nc3ccc(-c4ccccc4)cn3)cc2)cc1. The molecule has 0 bridgehead atoms. The van der Waals surface area contributed by atoms with Crippen molar-refractivity contribution in [3.05, 3.63) is 108 Å². The third-order valence-corrected chi connectivity index (χ3v) is 4.60. The summed E-state index contributed by atoms with van der Waals surface area (Å²) in [7, 11) is 0. The number of carbonyl (C=O) groups excluding carboxylic acids is 2. The van der Waals surface area contributed by atoms with Crippen LogP contribution in [0.2, 0.25) is 0 Å². The maximum atomic E-state index is 12.5. The number of aromatic nitrogens is 1. The van der Waals surface area contributed by atoms with E-state index in [1.54, 1.807) is 60.8 Å². The predicted molar refractivity (Wildman–Crippen MR) is 119 cm³/mol. The van der Waals surface area contributed by atoms with Crippen LogP contribution in [0.25, 0.3) is 11.1 Å². The summed E-state index contributed by atoms with van der Waals surface area (Å²) in [5.74, 6) is 0.835. The van der Waals surface area contributed by atoms with Gasteiger partial charge in [0.25, 0.3) is 5.91 Å². The van der Waals surface area contributed by atoms with Crippen molar-refractivity contribution in [1.82, 2.24) is 4.98 Å². The molecule has 0 fully saturated rings. The molecule has 0 unspecified atom stereocenters. The lowest BCUT2D eigenvalue weighted by Gasteiger charge is -2.08. The summed E-state index contributed by atoms with van der Waals surface area (Å²) >= 11 is 0. The van der Waals surface area contributed by atoms with E-state index >= 15 is 0 Å². The summed E-state index contributed by atoms with van der Waals surface area (Å²) in [6, 6.07) is 26.8. The van der Waals surface area contributed by atoms with Gasteiger partial charge in [-0.25, -0.2) is 4.98 Å². The fourth-order valence-electron chi connectivity index (χ4n) is 2.96. The lowest BCUT2D eigenvalue weighted by Crippen LogP contribution is -2.12. The molecule has 2 amide bonds. The van der Waals surface area contributed by atoms with Crippen molar-refractivity contribution in [3.8, 4) is 22.6 Å². The maximum absolute atomic E-state index is 12.5. The van der Waals surface area contributed by atoms with Crippen LogP contribution in [0.15, 0.2) is 97.2 Å². The van der Waals surface area contributed by atoms with E-state index in [-0.39, 0.29) is 5.91 Å². The van der Waals surface area contributed by atoms with Crippen molar-refractivity contribution in [1.29, 1.82) is 0 Å². The molecule has 0 aliphatic carbocycles. The lowest BCUT2D eigenvalue weighted by atomic mass is 10.1. The first-order valence-corrected chi connectivity index (χ1v) is 9.59. The van der Waals surface area contributed by atoms with Gasteiger partial charge in [0.05, 0.1) is 0 Å². The van der Waals surface area contributed by atoms with Gasteiger partial charge in [0.1, 0.15) is 17.3 Å². The van der Waals surface area contributed by atoms with Gasteiger partial charge in [0, 0.05) is 22.9 Å². The van der Waals surface area contributed by atoms with Crippen LogP contribution < -0.4 is 15.8 Å². The van der Waals surface area contributed by atoms with Crippen LogP contribution in [-0.2, 0) is 0 Å². The molecule has 152 valence electrons. The molecule has 3 aromatic carbocycles. The van der Waals surface area contributed by atoms with Crippen LogP contribution in [0, 0.1) is 0 Å². The average Bonchev–Trinajstić information content (AvgIpc) is 2.81. The molecular weight excluding hydrogens is 390 g/mol. The quantitative estimate of drug-likeness (QED) is 0.474. The predicted octanol–water partition coefficient (Wildman–Crippen LogP) is 4.89. The number of rotatable bonds is 6. The van der Waals surface area contributed by atoms with Gasteiger partial charge in [-0.15, -0.1) is 0 Å². The Morgan fingerprint density at radius 2 is 1.32 bits per heavy atom. The molecule has 0 spiro atoms. The highest BCUT2D eigenvalue weighted by molar-refractivity contribution is 6.03. The maximum Gasteiger partial charge on any atom is 0.256 e. The van der Waals surface area contributed by atoms with Crippen molar-refractivity contribution in [2.75, 3.05) is 5.32 Å². The molecular formula is C25H19N3O3. The number of carbonyl (C=O) groups is 2. The molecule has 0 radical (unpaired) electrons. The Morgan fingerprint density at radius 1 is 0.710 bits per heavy atom. The Morgan fingerprint density at radius 3 is 1.87 bits per heavy atom. The summed E-state index contributed by atoms with van der Waals surface area (Å²) < 4.78 is 5.73. The third-order valence-electron chi connectivity index (χ3n) is 4.60. The van der Waals surface area contributed by atoms with E-state index in [0.717, 1.165) is 11.1 Å². The van der Waals surface area contributed by atoms with Crippen LogP contribution in [0.1, 0.15) is 20.7 Å². The summed E-state index contributed by atoms with van der Waals surface area (Å²) in [6.45, 7) is 0. The second-order valence-corrected chi connectivity index (χ2v) is 6.77. The molecule has 0 saturated carbocycles. The summed E-state index contributed by atoms with van der Waals surface area (Å²) in [5.41, 5.74) is 8.15. The van der Waals surface area contributed by atoms with E-state index in [0.29, 0.717) is 28.4 Å². The first-order chi connectivity index (χ1) is 15.1. The smallest absolute Gasteiger partial charge is 0.256 e. The first-order valence-electron chi connectivity index (χ1n) is 9.59. The van der Waals surface area contributed by atoms with Gasteiger partial charge >= 0.3 is 0 Å². The minimum Gasteiger partial charge on any atom is -0.457 e. The van der Waals surface area contributed by atoms with Crippen LogP contribution in [-0.4, -0.2) is 16.8 Å². The molecule has 0 saturated heterocycles. The molecule has 1 aromatic heterocycles. The monoisotopic (exact) mass is 409 g/mol. The number of pyridine rings is 1. The molecule has 0 aliphatic rings. The minimum absolute atomic E-state index is 0.266. The van der Waals surface area contributed by atoms with Crippen LogP contribution >= 0.6 is 0 Å². The Bertz CT molecular complexity index is 1190. The topological polar surface area (TPSA) is 94.3 Å². The van der Waals surface area contributed by atoms with Gasteiger partial charge in [0.15, 0.2) is 0 Å². The van der Waals surface area contributed by atoms with Gasteiger partial charge < -0.3 is 15.8 Å². The van der Waals surface area contributed by atoms with Gasteiger partial charge in [0.2, 0.25) is 5.91 Å². The van der Waals surface area contributed by atoms with Gasteiger partial charge in [-0.05, 0) is 66.2 Å². The first kappa shape index (κ1) is 19.8. The Hall–Kier alpha value is -4.45. The van der Waals surface area contributed by atoms with Crippen molar-refractivity contribution >= 4 is 17.6 Å². The summed E-state index contributed by atoms with van der Waals surface area (Å²) in [5, 5.41) is 2.79. The molecule has 0 aliphatic heterocycles. The number of amides is 2. The Balaban J connectivity index is 1.38. The number of nitrogens with one attached hydrogen (secondary N) is 1. The third kappa shape index (κ3) is 4.94. The normalized spacial score (nSPS) is 10.3. The van der Waals surface area contributed by atoms with E-state index in [2.05, 4.69) is 10.3 Å². The van der Waals surface area contributed by atoms with E-state index in [4.69, 9.17) is 10.5 Å². The summed E-state index contributed by atoms with van der Waals surface area (Å²) in [6.07, 6.45) is 1.73. The number of anilines is 1. The molecule has 4 aromatic rings. The largest absolute Gasteiger partial charge is 0.457 e. The number of nitrogens with two attached hydrogens (primary N) is 1. The van der Waals surface area contributed by atoms with Crippen molar-refractivity contribution in [2.24, 2.45) is 5.73 Å². The number of nitrogens with zero attached hydrogens (tertiary/aromatic N) is 1. The van der Waals surface area contributed by atoms with E-state index in [1.807, 2.05) is 36.4 Å². The number of benzene rings is 3. The zero-order valence-corrected chi connectivity index (χ0v) is 16.5. The number of hydrogen-bond acceptors (Lipinski definition) is 4. The second kappa shape index (κ2) is 8.92. The number of hydrogen-bond donors (Lipinski definition) is 2. The van der Waals surface area contributed by atoms with Crippen molar-refractivity contribution in [2.45, 2.75) is 0 Å². The van der Waals surface area contributed by atoms with E-state index in [9.17, 15) is 9.59 Å². The second-order valence-electron chi connectivity index (χ2n) is 6.77. The Labute approximate surface area is 179 Å². The molecule has 6 heteroatoms. The van der Waals surface area contributed by atoms with E-state index < -0.39 is 5.91 Å². The molecule has 4 rings (SSSR count). The van der Waals surface area contributed by atoms with Crippen molar-refractivity contribution in [3.63, 3.8) is 0 Å². The van der Waals surface area contributed by atoms with Gasteiger partial charge in [-0.1, -0.05) is 30.3 Å². The standard InChI is InChI=1S/C25H19N3O3/c26-24(29)18-6-11-21(12-7-18)31-22-13-8-19(9-14-22)25(30)28-23-15-10-20(16-27-23)17-4-2-1-3-5-17/h1-16H,(H2,26,29)(H,27,28,30). The molecule has 0 atom stereocenters. The minimum atomic E-state index is -0.494. The highest BCUT2D eigenvalue weighted by Gasteiger charge is 2.08. The van der Waals surface area contributed by atoms with Crippen molar-refractivity contribution < 1.29 is 14.3 Å². The molecule has 6 nitrogen and oxygen atoms in total. The highest BCUT2D eigenvalue weighted by atomic mass is 16.5. The zero-order valence-electron chi connectivity index (χ0n) is 16.5. The molecule has 3 N–H and O–H groups in total. The number of ether oxygens (including phenoxy) is 1. The fourth-order valence-corrected chi connectivity index (χ4v) is 2.96. The Kier molecular flexibility index (Phi) is 5.71. The van der Waals surface area contributed by atoms with Crippen LogP contribution in [0.5, 0.6) is 11.5 Å². The lowest BCUT2D eigenvalue weighted by molar-refractivity contribution is 0.0997. The van der Waals surface area contributed by atoms with Gasteiger partial charge in [-0.3, -0.25) is 9.59 Å². The highest BCUT2D eigenvalue weighted by Crippen LogP contribution is 2.23. The van der Waals surface area contributed by atoms with E-state index in [1.165, 1.54) is 0 Å². The number of primary amides is 1. The van der Waals surface area contributed by atoms with Gasteiger partial charge in [-0.2, -0.15) is 0 Å². The zero-order chi connectivity index (χ0) is 21.6. The molecule has 31 heavy (non-hydrogen) atoms. The van der Waals surface area contributed by atoms with Crippen LogP contribution in [0.4, 0.5) is 5.82 Å². The molecule has 1 heterocycles. The fraction of sp³-hybridized carbons (Fsp3) is 0.